The second kappa shape index (κ2) is 6.06. The van der Waals surface area contributed by atoms with Crippen molar-refractivity contribution in [2.24, 2.45) is 0 Å². The van der Waals surface area contributed by atoms with Gasteiger partial charge in [0.05, 0.1) is 20.4 Å². The maximum atomic E-state index is 13.2. The maximum Gasteiger partial charge on any atom is 0.253 e. The van der Waals surface area contributed by atoms with Gasteiger partial charge in [-0.1, -0.05) is 0 Å². The highest BCUT2D eigenvalue weighted by Gasteiger charge is 2.15. The second-order valence-corrected chi connectivity index (χ2v) is 3.37. The number of carbonyl (C=O) groups excluding carboxylic acids is 1. The van der Waals surface area contributed by atoms with Crippen LogP contribution in [-0.4, -0.2) is 42.1 Å². The van der Waals surface area contributed by atoms with Crippen molar-refractivity contribution in [3.8, 4) is 5.88 Å². The summed E-state index contributed by atoms with van der Waals surface area (Å²) in [6.07, 6.45) is 2.26. The van der Waals surface area contributed by atoms with Crippen molar-refractivity contribution >= 4 is 11.5 Å². The number of hydrogen-bond donors (Lipinski definition) is 0. The van der Waals surface area contributed by atoms with Gasteiger partial charge in [-0.2, -0.15) is 9.37 Å². The number of hydrogen-bond acceptors (Lipinski definition) is 6. The van der Waals surface area contributed by atoms with Crippen molar-refractivity contribution in [2.75, 3.05) is 21.3 Å². The molecule has 1 rings (SSSR count). The molecule has 0 aliphatic rings. The van der Waals surface area contributed by atoms with Crippen molar-refractivity contribution in [2.45, 2.75) is 6.92 Å². The molecular formula is C11H14FN3O3. The highest BCUT2D eigenvalue weighted by Crippen LogP contribution is 2.18. The first-order valence-corrected chi connectivity index (χ1v) is 5.06. The number of allylic oxidation sites excluding steroid dienone is 1. The molecule has 0 unspecified atom stereocenters. The summed E-state index contributed by atoms with van der Waals surface area (Å²) in [5.74, 6) is -0.948. The lowest BCUT2D eigenvalue weighted by molar-refractivity contribution is -0.112. The summed E-state index contributed by atoms with van der Waals surface area (Å²) in [6.45, 7) is 1.38. The zero-order chi connectivity index (χ0) is 13.7. The van der Waals surface area contributed by atoms with E-state index in [-0.39, 0.29) is 17.5 Å². The number of ether oxygens (including phenoxy) is 1. The van der Waals surface area contributed by atoms with Crippen LogP contribution in [0.5, 0.6) is 5.88 Å². The Hall–Kier alpha value is -2.02. The average molecular weight is 255 g/mol. The summed E-state index contributed by atoms with van der Waals surface area (Å²) in [4.78, 5) is 23.8. The molecule has 0 fully saturated rings. The van der Waals surface area contributed by atoms with Crippen LogP contribution in [0.25, 0.3) is 5.70 Å². The van der Waals surface area contributed by atoms with Crippen LogP contribution in [0.15, 0.2) is 12.3 Å². The third-order valence-corrected chi connectivity index (χ3v) is 2.09. The Balaban J connectivity index is 3.25. The largest absolute Gasteiger partial charge is 0.479 e. The highest BCUT2D eigenvalue weighted by atomic mass is 19.1. The predicted molar refractivity (Wildman–Crippen MR) is 62.0 cm³/mol. The zero-order valence-electron chi connectivity index (χ0n) is 10.6. The van der Waals surface area contributed by atoms with Gasteiger partial charge in [0.15, 0.2) is 11.6 Å². The van der Waals surface area contributed by atoms with Crippen molar-refractivity contribution < 1.29 is 18.8 Å². The molecule has 0 N–H and O–H groups in total. The van der Waals surface area contributed by atoms with Gasteiger partial charge in [0.1, 0.15) is 5.70 Å². The van der Waals surface area contributed by atoms with E-state index < -0.39 is 5.82 Å². The number of halogens is 1. The molecule has 7 heteroatoms. The molecular weight excluding hydrogens is 241 g/mol. The Morgan fingerprint density at radius 1 is 1.50 bits per heavy atom. The lowest BCUT2D eigenvalue weighted by atomic mass is 10.3. The maximum absolute atomic E-state index is 13.2. The van der Waals surface area contributed by atoms with Crippen molar-refractivity contribution in [3.63, 3.8) is 0 Å². The third-order valence-electron chi connectivity index (χ3n) is 2.09. The molecule has 0 spiro atoms. The Bertz CT molecular complexity index is 477. The lowest BCUT2D eigenvalue weighted by Gasteiger charge is -2.18. The minimum atomic E-state index is -0.677. The second-order valence-electron chi connectivity index (χ2n) is 3.37. The number of ketones is 1. The molecule has 6 nitrogen and oxygen atoms in total. The van der Waals surface area contributed by atoms with Crippen molar-refractivity contribution in [1.29, 1.82) is 0 Å². The summed E-state index contributed by atoms with van der Waals surface area (Å²) in [6, 6.07) is 0. The van der Waals surface area contributed by atoms with Crippen LogP contribution in [-0.2, 0) is 9.63 Å². The number of methoxy groups -OCH3 is 1. The van der Waals surface area contributed by atoms with Gasteiger partial charge in [-0.15, -0.1) is 0 Å². The van der Waals surface area contributed by atoms with Gasteiger partial charge in [-0.05, 0) is 6.92 Å². The van der Waals surface area contributed by atoms with Gasteiger partial charge in [0, 0.05) is 13.1 Å². The molecule has 0 saturated heterocycles. The van der Waals surface area contributed by atoms with E-state index in [0.717, 1.165) is 6.20 Å². The zero-order valence-corrected chi connectivity index (χ0v) is 10.6. The molecule has 1 aromatic rings. The summed E-state index contributed by atoms with van der Waals surface area (Å²) in [7, 11) is 4.30. The first kappa shape index (κ1) is 14.0. The molecule has 0 amide bonds. The van der Waals surface area contributed by atoms with Crippen LogP contribution in [0.2, 0.25) is 0 Å². The van der Waals surface area contributed by atoms with E-state index in [2.05, 4.69) is 9.97 Å². The fourth-order valence-corrected chi connectivity index (χ4v) is 1.21. The third kappa shape index (κ3) is 3.24. The molecule has 0 aliphatic carbocycles. The van der Waals surface area contributed by atoms with E-state index in [4.69, 9.17) is 9.57 Å². The number of aromatic nitrogens is 2. The number of rotatable bonds is 5. The van der Waals surface area contributed by atoms with Crippen LogP contribution in [0.1, 0.15) is 12.7 Å². The Morgan fingerprint density at radius 3 is 2.67 bits per heavy atom. The SMILES string of the molecule is COc1nc(/C(=C\C(C)=O)N(C)OC)ncc1F. The standard InChI is InChI=1S/C11H14FN3O3/c1-7(16)5-9(15(2)18-4)10-13-6-8(12)11(14-10)17-3/h5-6H,1-4H3/b9-5+. The first-order valence-electron chi connectivity index (χ1n) is 5.06. The number of carbonyl (C=O) groups is 1. The molecule has 0 atom stereocenters. The Kier molecular flexibility index (Phi) is 4.73. The van der Waals surface area contributed by atoms with Crippen LogP contribution in [0.3, 0.4) is 0 Å². The van der Waals surface area contributed by atoms with Gasteiger partial charge in [0.25, 0.3) is 5.88 Å². The van der Waals surface area contributed by atoms with Gasteiger partial charge in [-0.3, -0.25) is 14.7 Å². The van der Waals surface area contributed by atoms with Gasteiger partial charge >= 0.3 is 0 Å². The van der Waals surface area contributed by atoms with Gasteiger partial charge in [-0.25, -0.2) is 4.98 Å². The van der Waals surface area contributed by atoms with Crippen LogP contribution in [0.4, 0.5) is 4.39 Å². The minimum Gasteiger partial charge on any atom is -0.479 e. The van der Waals surface area contributed by atoms with Crippen molar-refractivity contribution in [3.05, 3.63) is 23.9 Å². The average Bonchev–Trinajstić information content (AvgIpc) is 2.35. The monoisotopic (exact) mass is 255 g/mol. The van der Waals surface area contributed by atoms with E-state index >= 15 is 0 Å². The van der Waals surface area contributed by atoms with E-state index in [0.29, 0.717) is 5.70 Å². The summed E-state index contributed by atoms with van der Waals surface area (Å²) in [5.41, 5.74) is 0.309. The van der Waals surface area contributed by atoms with E-state index in [1.807, 2.05) is 0 Å². The van der Waals surface area contributed by atoms with Crippen LogP contribution in [0, 0.1) is 5.82 Å². The molecule has 0 radical (unpaired) electrons. The molecule has 0 aromatic carbocycles. The summed E-state index contributed by atoms with van der Waals surface area (Å²) in [5, 5.41) is 1.30. The topological polar surface area (TPSA) is 64.5 Å². The van der Waals surface area contributed by atoms with Gasteiger partial charge < -0.3 is 4.74 Å². The first-order chi connectivity index (χ1) is 8.49. The molecule has 0 aliphatic heterocycles. The Labute approximate surface area is 104 Å². The van der Waals surface area contributed by atoms with Crippen LogP contribution >= 0.6 is 0 Å². The smallest absolute Gasteiger partial charge is 0.253 e. The Morgan fingerprint density at radius 2 is 2.17 bits per heavy atom. The lowest BCUT2D eigenvalue weighted by Crippen LogP contribution is -2.18. The fourth-order valence-electron chi connectivity index (χ4n) is 1.21. The quantitative estimate of drug-likeness (QED) is 0.578. The number of hydroxylamine groups is 2. The normalized spacial score (nSPS) is 11.3. The molecule has 0 saturated carbocycles. The van der Waals surface area contributed by atoms with E-state index in [9.17, 15) is 9.18 Å². The van der Waals surface area contributed by atoms with E-state index in [1.165, 1.54) is 32.3 Å². The van der Waals surface area contributed by atoms with Crippen molar-refractivity contribution in [1.82, 2.24) is 15.0 Å². The fraction of sp³-hybridized carbons (Fsp3) is 0.364. The minimum absolute atomic E-state index is 0.132. The molecule has 1 aromatic heterocycles. The summed E-state index contributed by atoms with van der Waals surface area (Å²) >= 11 is 0. The molecule has 1 heterocycles. The highest BCUT2D eigenvalue weighted by molar-refractivity contribution is 5.93. The molecule has 0 bridgehead atoms. The number of nitrogens with zero attached hydrogens (tertiary/aromatic N) is 3. The predicted octanol–water partition coefficient (Wildman–Crippen LogP) is 1.05. The molecule has 98 valence electrons. The van der Waals surface area contributed by atoms with Crippen LogP contribution < -0.4 is 4.74 Å². The van der Waals surface area contributed by atoms with E-state index in [1.54, 1.807) is 7.05 Å². The summed E-state index contributed by atoms with van der Waals surface area (Å²) < 4.78 is 18.0. The van der Waals surface area contributed by atoms with Gasteiger partial charge in [0.2, 0.25) is 5.82 Å². The molecule has 18 heavy (non-hydrogen) atoms.